The summed E-state index contributed by atoms with van der Waals surface area (Å²) >= 11 is 0. The van der Waals surface area contributed by atoms with E-state index in [2.05, 4.69) is 26.8 Å². The molecule has 1 heterocycles. The molecule has 0 amide bonds. The Kier molecular flexibility index (Phi) is 6.86. The molecular formula is C22H32O3S. The molecule has 0 unspecified atom stereocenters. The molecular weight excluding hydrogens is 344 g/mol. The number of sulfone groups is 1. The average Bonchev–Trinajstić information content (AvgIpc) is 3.21. The van der Waals surface area contributed by atoms with Gasteiger partial charge in [0.15, 0.2) is 9.84 Å². The highest BCUT2D eigenvalue weighted by Gasteiger charge is 2.50. The molecule has 0 radical (unpaired) electrons. The van der Waals surface area contributed by atoms with Crippen molar-refractivity contribution in [1.82, 2.24) is 0 Å². The van der Waals surface area contributed by atoms with E-state index in [4.69, 9.17) is 4.74 Å². The second-order valence-corrected chi connectivity index (χ2v) is 9.96. The third kappa shape index (κ3) is 6.10. The minimum absolute atomic E-state index is 0.000203. The molecule has 0 N–H and O–H groups in total. The molecule has 0 spiro atoms. The van der Waals surface area contributed by atoms with E-state index in [0.717, 1.165) is 36.8 Å². The second kappa shape index (κ2) is 8.53. The van der Waals surface area contributed by atoms with Crippen molar-refractivity contribution in [2.75, 3.05) is 5.75 Å². The highest BCUT2D eigenvalue weighted by atomic mass is 32.2. The minimum Gasteiger partial charge on any atom is -0.366 e. The molecule has 144 valence electrons. The van der Waals surface area contributed by atoms with Crippen molar-refractivity contribution in [3.63, 3.8) is 0 Å². The van der Waals surface area contributed by atoms with Crippen LogP contribution in [0.25, 0.3) is 0 Å². The molecule has 3 nitrogen and oxygen atoms in total. The Bertz CT molecular complexity index is 768. The number of allylic oxidation sites excluding steroid dienone is 3. The van der Waals surface area contributed by atoms with Gasteiger partial charge in [-0.1, -0.05) is 41.0 Å². The van der Waals surface area contributed by atoms with Gasteiger partial charge in [-0.25, -0.2) is 8.42 Å². The highest BCUT2D eigenvalue weighted by Crippen LogP contribution is 2.43. The predicted molar refractivity (Wildman–Crippen MR) is 108 cm³/mol. The number of aryl methyl sites for hydroxylation is 1. The molecule has 1 fully saturated rings. The van der Waals surface area contributed by atoms with Crippen LogP contribution in [-0.4, -0.2) is 25.9 Å². The molecule has 2 atom stereocenters. The lowest BCUT2D eigenvalue weighted by molar-refractivity contribution is 0.295. The molecule has 0 bridgehead atoms. The lowest BCUT2D eigenvalue weighted by Crippen LogP contribution is -2.09. The van der Waals surface area contributed by atoms with Crippen LogP contribution in [0.1, 0.15) is 58.9 Å². The summed E-state index contributed by atoms with van der Waals surface area (Å²) < 4.78 is 30.7. The van der Waals surface area contributed by atoms with Gasteiger partial charge in [0.1, 0.15) is 0 Å². The van der Waals surface area contributed by atoms with Gasteiger partial charge >= 0.3 is 0 Å². The van der Waals surface area contributed by atoms with Crippen LogP contribution in [0.15, 0.2) is 52.5 Å². The smallest absolute Gasteiger partial charge is 0.181 e. The SMILES string of the molecule is CC(C)=CCC[C@@]1(C)O[C@@H]1CC/C(C)=C/CS(=O)(=O)c1ccc(C)cc1. The van der Waals surface area contributed by atoms with E-state index in [0.29, 0.717) is 11.0 Å². The fourth-order valence-electron chi connectivity index (χ4n) is 3.08. The van der Waals surface area contributed by atoms with Gasteiger partial charge in [-0.05, 0) is 72.4 Å². The number of benzene rings is 1. The second-order valence-electron chi connectivity index (χ2n) is 7.92. The lowest BCUT2D eigenvalue weighted by Gasteiger charge is -2.06. The maximum Gasteiger partial charge on any atom is 0.181 e. The monoisotopic (exact) mass is 376 g/mol. The van der Waals surface area contributed by atoms with E-state index in [-0.39, 0.29) is 11.4 Å². The Morgan fingerprint density at radius 1 is 1.15 bits per heavy atom. The molecule has 1 aliphatic heterocycles. The number of rotatable bonds is 9. The van der Waals surface area contributed by atoms with Gasteiger partial charge in [-0.15, -0.1) is 0 Å². The van der Waals surface area contributed by atoms with Crippen LogP contribution < -0.4 is 0 Å². The van der Waals surface area contributed by atoms with E-state index in [1.165, 1.54) is 5.57 Å². The summed E-state index contributed by atoms with van der Waals surface area (Å²) in [5, 5.41) is 0. The summed E-state index contributed by atoms with van der Waals surface area (Å²) in [5.74, 6) is 0.0608. The molecule has 1 aromatic carbocycles. The van der Waals surface area contributed by atoms with E-state index < -0.39 is 9.84 Å². The molecule has 0 saturated carbocycles. The van der Waals surface area contributed by atoms with E-state index in [9.17, 15) is 8.42 Å². The molecule has 4 heteroatoms. The van der Waals surface area contributed by atoms with Gasteiger partial charge in [-0.3, -0.25) is 0 Å². The zero-order valence-electron chi connectivity index (χ0n) is 16.7. The van der Waals surface area contributed by atoms with Crippen LogP contribution in [0.5, 0.6) is 0 Å². The molecule has 2 rings (SSSR count). The Hall–Kier alpha value is -1.39. The minimum atomic E-state index is -3.25. The Labute approximate surface area is 159 Å². The van der Waals surface area contributed by atoms with Gasteiger partial charge in [-0.2, -0.15) is 0 Å². The van der Waals surface area contributed by atoms with Crippen molar-refractivity contribution in [2.45, 2.75) is 76.9 Å². The zero-order chi connectivity index (χ0) is 19.4. The fraction of sp³-hybridized carbons (Fsp3) is 0.545. The molecule has 0 aliphatic carbocycles. The fourth-order valence-corrected chi connectivity index (χ4v) is 4.32. The molecule has 0 aromatic heterocycles. The van der Waals surface area contributed by atoms with Crippen molar-refractivity contribution >= 4 is 9.84 Å². The first-order chi connectivity index (χ1) is 12.1. The maximum atomic E-state index is 12.4. The van der Waals surface area contributed by atoms with Crippen LogP contribution >= 0.6 is 0 Å². The van der Waals surface area contributed by atoms with Crippen molar-refractivity contribution in [3.8, 4) is 0 Å². The summed E-state index contributed by atoms with van der Waals surface area (Å²) in [6.45, 7) is 10.4. The van der Waals surface area contributed by atoms with Crippen LogP contribution in [0, 0.1) is 6.92 Å². The number of hydrogen-bond acceptors (Lipinski definition) is 3. The molecule has 1 aromatic rings. The largest absolute Gasteiger partial charge is 0.366 e. The van der Waals surface area contributed by atoms with Gasteiger partial charge in [0.2, 0.25) is 0 Å². The van der Waals surface area contributed by atoms with Crippen LogP contribution in [0.4, 0.5) is 0 Å². The molecule has 26 heavy (non-hydrogen) atoms. The predicted octanol–water partition coefficient (Wildman–Crippen LogP) is 5.40. The number of hydrogen-bond donors (Lipinski definition) is 0. The lowest BCUT2D eigenvalue weighted by atomic mass is 9.96. The van der Waals surface area contributed by atoms with Crippen molar-refractivity contribution < 1.29 is 13.2 Å². The van der Waals surface area contributed by atoms with E-state index in [1.807, 2.05) is 32.1 Å². The summed E-state index contributed by atoms with van der Waals surface area (Å²) in [5.41, 5.74) is 3.52. The van der Waals surface area contributed by atoms with Crippen molar-refractivity contribution in [1.29, 1.82) is 0 Å². The van der Waals surface area contributed by atoms with Crippen LogP contribution in [0.2, 0.25) is 0 Å². The van der Waals surface area contributed by atoms with Crippen LogP contribution in [0.3, 0.4) is 0 Å². The van der Waals surface area contributed by atoms with Crippen LogP contribution in [-0.2, 0) is 14.6 Å². The first-order valence-electron chi connectivity index (χ1n) is 9.39. The summed E-state index contributed by atoms with van der Waals surface area (Å²) in [6.07, 6.45) is 8.34. The first-order valence-corrected chi connectivity index (χ1v) is 11.0. The Morgan fingerprint density at radius 3 is 2.42 bits per heavy atom. The standard InChI is InChI=1S/C22H32O3S/c1-17(2)7-6-15-22(5)21(25-22)13-10-19(4)14-16-26(23,24)20-11-8-18(3)9-12-20/h7-9,11-12,14,21H,6,10,13,15-16H2,1-5H3/b19-14+/t21-,22-/m1/s1. The maximum absolute atomic E-state index is 12.4. The van der Waals surface area contributed by atoms with Gasteiger partial charge in [0, 0.05) is 0 Å². The third-order valence-corrected chi connectivity index (χ3v) is 6.66. The van der Waals surface area contributed by atoms with Gasteiger partial charge in [0.25, 0.3) is 0 Å². The van der Waals surface area contributed by atoms with Gasteiger partial charge < -0.3 is 4.74 Å². The highest BCUT2D eigenvalue weighted by molar-refractivity contribution is 7.91. The van der Waals surface area contributed by atoms with E-state index in [1.54, 1.807) is 12.1 Å². The summed E-state index contributed by atoms with van der Waals surface area (Å²) in [4.78, 5) is 0.393. The Balaban J connectivity index is 1.80. The summed E-state index contributed by atoms with van der Waals surface area (Å²) in [6, 6.07) is 7.04. The average molecular weight is 377 g/mol. The third-order valence-electron chi connectivity index (χ3n) is 5.06. The normalized spacial score (nSPS) is 23.0. The van der Waals surface area contributed by atoms with Crippen molar-refractivity contribution in [3.05, 3.63) is 53.1 Å². The molecule has 1 saturated heterocycles. The number of epoxide rings is 1. The quantitative estimate of drug-likeness (QED) is 0.428. The van der Waals surface area contributed by atoms with E-state index >= 15 is 0 Å². The van der Waals surface area contributed by atoms with Crippen molar-refractivity contribution in [2.24, 2.45) is 0 Å². The first kappa shape index (κ1) is 20.9. The molecule has 1 aliphatic rings. The Morgan fingerprint density at radius 2 is 1.81 bits per heavy atom. The topological polar surface area (TPSA) is 46.7 Å². The number of ether oxygens (including phenoxy) is 1. The summed E-state index contributed by atoms with van der Waals surface area (Å²) in [7, 11) is -3.25. The van der Waals surface area contributed by atoms with Gasteiger partial charge in [0.05, 0.1) is 22.4 Å². The zero-order valence-corrected chi connectivity index (χ0v) is 17.5.